The zero-order valence-electron chi connectivity index (χ0n) is 10.3. The molecule has 0 radical (unpaired) electrons. The summed E-state index contributed by atoms with van der Waals surface area (Å²) in [6.45, 7) is 5.34. The summed E-state index contributed by atoms with van der Waals surface area (Å²) in [4.78, 5) is 25.0. The topological polar surface area (TPSA) is 82.6 Å². The molecule has 0 spiro atoms. The Balaban J connectivity index is 4.29. The summed E-state index contributed by atoms with van der Waals surface area (Å²) in [6, 6.07) is -0.640. The van der Waals surface area contributed by atoms with E-state index in [1.807, 2.05) is 19.9 Å². The van der Waals surface area contributed by atoms with E-state index < -0.39 is 11.8 Å². The number of hydrogen-bond acceptors (Lipinski definition) is 3. The first-order chi connectivity index (χ1) is 7.97. The molecule has 94 valence electrons. The highest BCUT2D eigenvalue weighted by atomic mass is 32.2. The van der Waals surface area contributed by atoms with Gasteiger partial charge in [0, 0.05) is 18.4 Å². The lowest BCUT2D eigenvalue weighted by Gasteiger charge is -2.11. The molecule has 1 atom stereocenters. The minimum atomic E-state index is -0.640. The second kappa shape index (κ2) is 8.73. The Hall–Kier alpha value is -1.39. The predicted molar refractivity (Wildman–Crippen MR) is 69.1 cm³/mol. The van der Waals surface area contributed by atoms with E-state index in [2.05, 4.69) is 10.1 Å². The number of nitrogens with zero attached hydrogens (tertiary/aromatic N) is 2. The first kappa shape index (κ1) is 15.6. The average Bonchev–Trinajstić information content (AvgIpc) is 2.22. The van der Waals surface area contributed by atoms with Gasteiger partial charge in [0.15, 0.2) is 0 Å². The van der Waals surface area contributed by atoms with Crippen LogP contribution in [-0.4, -0.2) is 40.2 Å². The first-order valence-corrected chi connectivity index (χ1v) is 6.32. The van der Waals surface area contributed by atoms with Gasteiger partial charge in [-0.1, -0.05) is 11.6 Å². The third-order valence-corrected chi connectivity index (χ3v) is 2.77. The van der Waals surface area contributed by atoms with E-state index in [1.165, 1.54) is 24.3 Å². The van der Waals surface area contributed by atoms with Gasteiger partial charge in [0.25, 0.3) is 5.78 Å². The Morgan fingerprint density at radius 3 is 2.53 bits per heavy atom. The monoisotopic (exact) mass is 255 g/mol. The van der Waals surface area contributed by atoms with Gasteiger partial charge in [-0.15, -0.1) is 0 Å². The summed E-state index contributed by atoms with van der Waals surface area (Å²) >= 11 is 1.53. The maximum Gasteiger partial charge on any atom is 0.325 e. The highest BCUT2D eigenvalue weighted by Gasteiger charge is 2.20. The highest BCUT2D eigenvalue weighted by Crippen LogP contribution is 2.05. The van der Waals surface area contributed by atoms with Crippen molar-refractivity contribution in [1.29, 1.82) is 0 Å². The normalized spacial score (nSPS) is 11.0. The van der Waals surface area contributed by atoms with Crippen LogP contribution in [0.15, 0.2) is 11.6 Å². The molecule has 0 aromatic heterocycles. The van der Waals surface area contributed by atoms with Crippen LogP contribution in [0.5, 0.6) is 0 Å². The molecule has 0 aromatic rings. The minimum Gasteiger partial charge on any atom is -0.361 e. The third-order valence-electron chi connectivity index (χ3n) is 1.80. The smallest absolute Gasteiger partial charge is 0.325 e. The Bertz CT molecular complexity index is 356. The van der Waals surface area contributed by atoms with Crippen molar-refractivity contribution in [3.8, 4) is 0 Å². The number of ketones is 1. The van der Waals surface area contributed by atoms with E-state index in [1.54, 1.807) is 0 Å². The van der Waals surface area contributed by atoms with Gasteiger partial charge >= 0.3 is 6.21 Å². The lowest BCUT2D eigenvalue weighted by Crippen LogP contribution is -2.42. The van der Waals surface area contributed by atoms with Crippen molar-refractivity contribution in [2.45, 2.75) is 26.8 Å². The molecule has 0 saturated heterocycles. The molecule has 17 heavy (non-hydrogen) atoms. The number of Topliss-reactive ketones (excluding diaryl/α,β-unsaturated/α-hetero) is 1. The van der Waals surface area contributed by atoms with Crippen molar-refractivity contribution in [3.63, 3.8) is 0 Å². The van der Waals surface area contributed by atoms with Crippen LogP contribution >= 0.6 is 11.8 Å². The standard InChI is InChI=1S/C11H17N3O2S/c1-8(2)4-5-17-7-10(14-9(3)15)11(16)6-13-12/h4,6,10H,5,7H2,1-3H3,(H,14,15)/t10-/m0/s1. The van der Waals surface area contributed by atoms with Gasteiger partial charge in [0.05, 0.1) is 0 Å². The van der Waals surface area contributed by atoms with Gasteiger partial charge < -0.3 is 10.8 Å². The maximum atomic E-state index is 11.5. The molecular weight excluding hydrogens is 238 g/mol. The van der Waals surface area contributed by atoms with Crippen molar-refractivity contribution in [1.82, 2.24) is 5.32 Å². The SMILES string of the molecule is CC(=O)N[C@@H](CSCC=C(C)C)C(=O)C=[N+]=[N-]. The van der Waals surface area contributed by atoms with Gasteiger partial charge in [0.1, 0.15) is 6.04 Å². The largest absolute Gasteiger partial charge is 0.361 e. The Labute approximate surface area is 105 Å². The van der Waals surface area contributed by atoms with E-state index in [-0.39, 0.29) is 5.91 Å². The van der Waals surface area contributed by atoms with E-state index in [0.717, 1.165) is 12.0 Å². The van der Waals surface area contributed by atoms with Crippen LogP contribution < -0.4 is 5.32 Å². The fourth-order valence-electron chi connectivity index (χ4n) is 0.999. The molecule has 0 heterocycles. The Kier molecular flexibility index (Phi) is 8.01. The number of thioether (sulfide) groups is 1. The van der Waals surface area contributed by atoms with Crippen LogP contribution in [0, 0.1) is 0 Å². The quantitative estimate of drug-likeness (QED) is 0.243. The van der Waals surface area contributed by atoms with Gasteiger partial charge in [-0.25, -0.2) is 0 Å². The lowest BCUT2D eigenvalue weighted by molar-refractivity contribution is -0.124. The Morgan fingerprint density at radius 2 is 2.06 bits per heavy atom. The summed E-state index contributed by atoms with van der Waals surface area (Å²) in [5, 5.41) is 2.52. The van der Waals surface area contributed by atoms with Crippen molar-refractivity contribution >= 4 is 29.7 Å². The molecule has 5 nitrogen and oxygen atoms in total. The molecule has 0 bridgehead atoms. The number of allylic oxidation sites excluding steroid dienone is 1. The molecule has 0 fully saturated rings. The van der Waals surface area contributed by atoms with Gasteiger partial charge in [-0.05, 0) is 13.8 Å². The number of amides is 1. The van der Waals surface area contributed by atoms with Crippen LogP contribution in [0.1, 0.15) is 20.8 Å². The zero-order chi connectivity index (χ0) is 13.3. The maximum absolute atomic E-state index is 11.5. The molecule has 1 amide bonds. The molecule has 1 N–H and O–H groups in total. The number of carbonyl (C=O) groups is 2. The lowest BCUT2D eigenvalue weighted by atomic mass is 10.2. The predicted octanol–water partition coefficient (Wildman–Crippen LogP) is 1.06. The van der Waals surface area contributed by atoms with Crippen LogP contribution in [0.3, 0.4) is 0 Å². The summed E-state index contributed by atoms with van der Waals surface area (Å²) in [6.07, 6.45) is 2.85. The van der Waals surface area contributed by atoms with E-state index in [0.29, 0.717) is 5.75 Å². The van der Waals surface area contributed by atoms with Crippen LogP contribution in [0.4, 0.5) is 0 Å². The molecule has 0 unspecified atom stereocenters. The van der Waals surface area contributed by atoms with E-state index in [4.69, 9.17) is 5.53 Å². The molecule has 6 heteroatoms. The number of rotatable bonds is 7. The van der Waals surface area contributed by atoms with Crippen molar-refractivity contribution in [2.24, 2.45) is 0 Å². The summed E-state index contributed by atoms with van der Waals surface area (Å²) in [5.41, 5.74) is 9.49. The number of nitrogens with one attached hydrogen (secondary N) is 1. The third kappa shape index (κ3) is 8.42. The summed E-state index contributed by atoms with van der Waals surface area (Å²) < 4.78 is 0. The molecule has 0 aliphatic carbocycles. The van der Waals surface area contributed by atoms with Crippen molar-refractivity contribution in [2.75, 3.05) is 11.5 Å². The van der Waals surface area contributed by atoms with Crippen LogP contribution in [0.25, 0.3) is 5.53 Å². The van der Waals surface area contributed by atoms with E-state index >= 15 is 0 Å². The highest BCUT2D eigenvalue weighted by molar-refractivity contribution is 7.99. The zero-order valence-corrected chi connectivity index (χ0v) is 11.1. The van der Waals surface area contributed by atoms with Crippen molar-refractivity contribution in [3.05, 3.63) is 17.2 Å². The van der Waals surface area contributed by atoms with Gasteiger partial charge in [0.2, 0.25) is 5.91 Å². The van der Waals surface area contributed by atoms with Crippen LogP contribution in [-0.2, 0) is 9.59 Å². The fraction of sp³-hybridized carbons (Fsp3) is 0.545. The number of hydrogen-bond donors (Lipinski definition) is 1. The molecule has 0 saturated carbocycles. The summed E-state index contributed by atoms with van der Waals surface area (Å²) in [7, 11) is 0. The Morgan fingerprint density at radius 1 is 1.41 bits per heavy atom. The average molecular weight is 255 g/mol. The van der Waals surface area contributed by atoms with Gasteiger partial charge in [-0.2, -0.15) is 16.6 Å². The molecular formula is C11H17N3O2S. The van der Waals surface area contributed by atoms with Crippen molar-refractivity contribution < 1.29 is 14.4 Å². The van der Waals surface area contributed by atoms with E-state index in [9.17, 15) is 9.59 Å². The molecule has 0 aliphatic rings. The molecule has 0 rings (SSSR count). The fourth-order valence-corrected chi connectivity index (χ4v) is 2.07. The molecule has 0 aliphatic heterocycles. The number of carbonyl (C=O) groups excluding carboxylic acids is 2. The second-order valence-corrected chi connectivity index (χ2v) is 4.79. The van der Waals surface area contributed by atoms with Gasteiger partial charge in [-0.3, -0.25) is 9.59 Å². The second-order valence-electron chi connectivity index (χ2n) is 3.72. The minimum absolute atomic E-state index is 0.280. The summed E-state index contributed by atoms with van der Waals surface area (Å²) in [5.74, 6) is 0.542. The van der Waals surface area contributed by atoms with Crippen LogP contribution in [0.2, 0.25) is 0 Å². The first-order valence-electron chi connectivity index (χ1n) is 5.16. The molecule has 0 aromatic carbocycles.